The van der Waals surface area contributed by atoms with E-state index in [9.17, 15) is 31.5 Å². The fourth-order valence-electron chi connectivity index (χ4n) is 3.90. The highest BCUT2D eigenvalue weighted by atomic mass is 19.4. The molecular formula is C23H16F5N5O4. The maximum atomic E-state index is 14.9. The Balaban J connectivity index is 1.46. The van der Waals surface area contributed by atoms with Crippen molar-refractivity contribution < 1.29 is 41.0 Å². The molecule has 0 N–H and O–H groups in total. The van der Waals surface area contributed by atoms with Gasteiger partial charge in [-0.25, -0.2) is 18.6 Å². The van der Waals surface area contributed by atoms with Crippen molar-refractivity contribution in [2.75, 3.05) is 13.1 Å². The van der Waals surface area contributed by atoms with Crippen molar-refractivity contribution in [2.24, 2.45) is 0 Å². The number of hydrogen-bond acceptors (Lipinski definition) is 7. The lowest BCUT2D eigenvalue weighted by atomic mass is 10.0. The molecule has 4 heterocycles. The lowest BCUT2D eigenvalue weighted by Gasteiger charge is -2.38. The molecule has 1 aliphatic rings. The molecule has 1 atom stereocenters. The van der Waals surface area contributed by atoms with E-state index < -0.39 is 54.7 Å². The van der Waals surface area contributed by atoms with Crippen molar-refractivity contribution in [2.45, 2.75) is 24.6 Å². The van der Waals surface area contributed by atoms with Gasteiger partial charge in [-0.1, -0.05) is 18.2 Å². The first-order valence-electron chi connectivity index (χ1n) is 10.8. The largest absolute Gasteiger partial charge is 0.491 e. The number of alkyl halides is 5. The first-order chi connectivity index (χ1) is 17.5. The summed E-state index contributed by atoms with van der Waals surface area (Å²) in [5, 5.41) is 7.89. The number of nitrogens with zero attached hydrogens (tertiary/aromatic N) is 5. The number of carbonyl (C=O) groups excluding carboxylic acids is 2. The number of rotatable bonds is 4. The lowest BCUT2D eigenvalue weighted by Crippen LogP contribution is -2.55. The number of carbonyl (C=O) groups is 2. The molecule has 0 saturated carbocycles. The molecule has 1 saturated heterocycles. The van der Waals surface area contributed by atoms with Crippen molar-refractivity contribution in [3.05, 3.63) is 60.6 Å². The molecule has 1 aliphatic heterocycles. The number of amides is 1. The molecule has 0 aliphatic carbocycles. The number of likely N-dealkylation sites (tertiary alicyclic amines) is 1. The normalized spacial score (nSPS) is 17.6. The molecule has 37 heavy (non-hydrogen) atoms. The smallest absolute Gasteiger partial charge is 0.463 e. The second-order valence-electron chi connectivity index (χ2n) is 8.22. The molecule has 4 aromatic rings. The second kappa shape index (κ2) is 8.94. The van der Waals surface area contributed by atoms with Crippen molar-refractivity contribution in [3.8, 4) is 11.6 Å². The number of hydrogen-bond donors (Lipinski definition) is 0. The van der Waals surface area contributed by atoms with Crippen LogP contribution in [-0.2, 0) is 4.79 Å². The number of ether oxygens (including phenoxy) is 2. The van der Waals surface area contributed by atoms with Crippen LogP contribution in [0.15, 0.2) is 55.0 Å². The van der Waals surface area contributed by atoms with Crippen LogP contribution in [0.25, 0.3) is 16.6 Å². The van der Waals surface area contributed by atoms with E-state index in [1.807, 2.05) is 0 Å². The molecule has 0 radical (unpaired) electrons. The number of benzene rings is 1. The van der Waals surface area contributed by atoms with Gasteiger partial charge in [-0.15, -0.1) is 10.2 Å². The van der Waals surface area contributed by atoms with Crippen molar-refractivity contribution in [3.63, 3.8) is 0 Å². The number of para-hydroxylation sites is 1. The lowest BCUT2D eigenvalue weighted by molar-refractivity contribution is -0.190. The van der Waals surface area contributed by atoms with Gasteiger partial charge in [-0.05, 0) is 24.3 Å². The van der Waals surface area contributed by atoms with Crippen LogP contribution in [0.2, 0.25) is 0 Å². The minimum atomic E-state index is -5.34. The third-order valence-corrected chi connectivity index (χ3v) is 5.76. The Morgan fingerprint density at radius 1 is 1.11 bits per heavy atom. The maximum absolute atomic E-state index is 14.9. The highest BCUT2D eigenvalue weighted by Gasteiger charge is 2.48. The van der Waals surface area contributed by atoms with Gasteiger partial charge in [-0.3, -0.25) is 9.20 Å². The Kier molecular flexibility index (Phi) is 5.88. The molecule has 0 bridgehead atoms. The van der Waals surface area contributed by atoms with E-state index in [4.69, 9.17) is 4.74 Å². The number of fused-ring (bicyclic) bond motifs is 2. The number of pyridine rings is 2. The Bertz CT molecular complexity index is 1510. The fourth-order valence-corrected chi connectivity index (χ4v) is 3.90. The van der Waals surface area contributed by atoms with E-state index >= 15 is 0 Å². The quantitative estimate of drug-likeness (QED) is 0.299. The molecule has 1 unspecified atom stereocenters. The van der Waals surface area contributed by atoms with Gasteiger partial charge in [0.25, 0.3) is 17.7 Å². The van der Waals surface area contributed by atoms with Gasteiger partial charge in [0.05, 0.1) is 17.6 Å². The predicted molar refractivity (Wildman–Crippen MR) is 116 cm³/mol. The Morgan fingerprint density at radius 3 is 2.68 bits per heavy atom. The van der Waals surface area contributed by atoms with Gasteiger partial charge in [-0.2, -0.15) is 13.2 Å². The molecule has 5 rings (SSSR count). The van der Waals surface area contributed by atoms with E-state index in [0.29, 0.717) is 0 Å². The van der Waals surface area contributed by atoms with E-state index in [1.165, 1.54) is 28.9 Å². The standard InChI is InChI=1S/C23H16F5N5O4/c24-22(25)7-9-32(20(34)14-5-3-8-33-12-29-31-18(14)33)11-17(22)37-19-16(36-21(35)23(26,27)28)10-13-4-1-2-6-15(13)30-19/h1-6,8,10,12,17H,7,9,11H2. The number of aromatic nitrogens is 4. The summed E-state index contributed by atoms with van der Waals surface area (Å²) in [6.07, 6.45) is -5.15. The number of esters is 1. The van der Waals surface area contributed by atoms with E-state index in [2.05, 4.69) is 19.9 Å². The first-order valence-corrected chi connectivity index (χ1v) is 10.8. The molecule has 0 spiro atoms. The molecule has 9 nitrogen and oxygen atoms in total. The van der Waals surface area contributed by atoms with Crippen molar-refractivity contribution in [1.29, 1.82) is 0 Å². The molecule has 1 aromatic carbocycles. The summed E-state index contributed by atoms with van der Waals surface area (Å²) < 4.78 is 79.6. The third-order valence-electron chi connectivity index (χ3n) is 5.76. The Hall–Kier alpha value is -4.36. The zero-order chi connectivity index (χ0) is 26.4. The Morgan fingerprint density at radius 2 is 1.89 bits per heavy atom. The third kappa shape index (κ3) is 4.73. The van der Waals surface area contributed by atoms with Crippen LogP contribution in [0, 0.1) is 0 Å². The van der Waals surface area contributed by atoms with E-state index in [0.717, 1.165) is 11.0 Å². The minimum Gasteiger partial charge on any atom is -0.463 e. The van der Waals surface area contributed by atoms with E-state index in [-0.39, 0.29) is 28.7 Å². The van der Waals surface area contributed by atoms with Gasteiger partial charge < -0.3 is 14.4 Å². The van der Waals surface area contributed by atoms with Gasteiger partial charge in [0.15, 0.2) is 17.5 Å². The van der Waals surface area contributed by atoms with Crippen LogP contribution in [0.5, 0.6) is 11.6 Å². The highest BCUT2D eigenvalue weighted by Crippen LogP contribution is 2.37. The molecule has 1 fully saturated rings. The van der Waals surface area contributed by atoms with Crippen LogP contribution in [0.1, 0.15) is 16.8 Å². The number of halogens is 5. The summed E-state index contributed by atoms with van der Waals surface area (Å²) in [5.74, 6) is -8.18. The highest BCUT2D eigenvalue weighted by molar-refractivity contribution is 5.99. The fraction of sp³-hybridized carbons (Fsp3) is 0.261. The SMILES string of the molecule is O=C(c1cccn2cnnc12)N1CCC(F)(F)C(Oc2nc3ccccc3cc2OC(=O)C(F)(F)F)C1. The molecule has 192 valence electrons. The molecule has 1 amide bonds. The van der Waals surface area contributed by atoms with Gasteiger partial charge in [0.2, 0.25) is 0 Å². The van der Waals surface area contributed by atoms with Gasteiger partial charge in [0, 0.05) is 24.5 Å². The van der Waals surface area contributed by atoms with Crippen LogP contribution < -0.4 is 9.47 Å². The topological polar surface area (TPSA) is 98.9 Å². The Labute approximate surface area is 204 Å². The molecule has 14 heteroatoms. The maximum Gasteiger partial charge on any atom is 0.491 e. The number of piperidine rings is 1. The summed E-state index contributed by atoms with van der Waals surface area (Å²) >= 11 is 0. The van der Waals surface area contributed by atoms with Crippen LogP contribution in [0.3, 0.4) is 0 Å². The van der Waals surface area contributed by atoms with Crippen molar-refractivity contribution >= 4 is 28.4 Å². The van der Waals surface area contributed by atoms with Crippen molar-refractivity contribution in [1.82, 2.24) is 24.5 Å². The summed E-state index contributed by atoms with van der Waals surface area (Å²) in [7, 11) is 0. The average Bonchev–Trinajstić information content (AvgIpc) is 3.33. The summed E-state index contributed by atoms with van der Waals surface area (Å²) in [6.45, 7) is -0.940. The van der Waals surface area contributed by atoms with Gasteiger partial charge >= 0.3 is 12.1 Å². The zero-order valence-corrected chi connectivity index (χ0v) is 18.7. The second-order valence-corrected chi connectivity index (χ2v) is 8.22. The van der Waals surface area contributed by atoms with E-state index in [1.54, 1.807) is 24.4 Å². The van der Waals surface area contributed by atoms with Crippen LogP contribution in [0.4, 0.5) is 22.0 Å². The summed E-state index contributed by atoms with van der Waals surface area (Å²) in [6, 6.07) is 10.2. The first kappa shape index (κ1) is 24.3. The summed E-state index contributed by atoms with van der Waals surface area (Å²) in [5.41, 5.74) is 0.544. The average molecular weight is 521 g/mol. The van der Waals surface area contributed by atoms with Crippen LogP contribution >= 0.6 is 0 Å². The summed E-state index contributed by atoms with van der Waals surface area (Å²) in [4.78, 5) is 29.8. The minimum absolute atomic E-state index is 0.118. The van der Waals surface area contributed by atoms with Gasteiger partial charge in [0.1, 0.15) is 6.33 Å². The predicted octanol–water partition coefficient (Wildman–Crippen LogP) is 3.67. The monoisotopic (exact) mass is 521 g/mol. The van der Waals surface area contributed by atoms with Crippen LogP contribution in [-0.4, -0.2) is 67.7 Å². The zero-order valence-electron chi connectivity index (χ0n) is 18.7. The molecular weight excluding hydrogens is 505 g/mol. The molecule has 3 aromatic heterocycles.